The SMILES string of the molecule is CN1CC2OC(C)(C)CC2C1C(N)=O. The number of fused-ring (bicyclic) bond motifs is 1. The summed E-state index contributed by atoms with van der Waals surface area (Å²) >= 11 is 0. The zero-order chi connectivity index (χ0) is 10.5. The topological polar surface area (TPSA) is 55.6 Å². The number of nitrogens with zero attached hydrogens (tertiary/aromatic N) is 1. The van der Waals surface area contributed by atoms with Gasteiger partial charge in [0.1, 0.15) is 0 Å². The molecule has 80 valence electrons. The average molecular weight is 198 g/mol. The van der Waals surface area contributed by atoms with Crippen LogP contribution < -0.4 is 5.73 Å². The van der Waals surface area contributed by atoms with Crippen LogP contribution in [0.5, 0.6) is 0 Å². The van der Waals surface area contributed by atoms with Gasteiger partial charge in [-0.25, -0.2) is 0 Å². The molecule has 1 amide bonds. The highest BCUT2D eigenvalue weighted by molar-refractivity contribution is 5.80. The molecule has 2 aliphatic heterocycles. The molecule has 0 aromatic heterocycles. The van der Waals surface area contributed by atoms with Crippen molar-refractivity contribution in [1.29, 1.82) is 0 Å². The van der Waals surface area contributed by atoms with Crippen molar-refractivity contribution in [1.82, 2.24) is 4.90 Å². The van der Waals surface area contributed by atoms with Crippen molar-refractivity contribution < 1.29 is 9.53 Å². The summed E-state index contributed by atoms with van der Waals surface area (Å²) in [5.41, 5.74) is 5.30. The number of hydrogen-bond donors (Lipinski definition) is 1. The summed E-state index contributed by atoms with van der Waals surface area (Å²) < 4.78 is 5.87. The van der Waals surface area contributed by atoms with Gasteiger partial charge in [-0.05, 0) is 27.3 Å². The van der Waals surface area contributed by atoms with Crippen LogP contribution in [0.2, 0.25) is 0 Å². The van der Waals surface area contributed by atoms with Gasteiger partial charge in [0.05, 0.1) is 17.7 Å². The molecule has 2 heterocycles. The third-order valence-electron chi connectivity index (χ3n) is 3.32. The molecule has 14 heavy (non-hydrogen) atoms. The quantitative estimate of drug-likeness (QED) is 0.643. The fourth-order valence-corrected chi connectivity index (χ4v) is 2.88. The second-order valence-corrected chi connectivity index (χ2v) is 5.07. The first kappa shape index (κ1) is 9.93. The predicted octanol–water partition coefficient (Wildman–Crippen LogP) is -0.0306. The highest BCUT2D eigenvalue weighted by atomic mass is 16.5. The van der Waals surface area contributed by atoms with Crippen LogP contribution in [0.4, 0.5) is 0 Å². The Morgan fingerprint density at radius 3 is 2.79 bits per heavy atom. The lowest BCUT2D eigenvalue weighted by molar-refractivity contribution is -0.123. The molecule has 0 spiro atoms. The monoisotopic (exact) mass is 198 g/mol. The van der Waals surface area contributed by atoms with E-state index in [-0.39, 0.29) is 29.6 Å². The van der Waals surface area contributed by atoms with Gasteiger partial charge in [-0.3, -0.25) is 9.69 Å². The standard InChI is InChI=1S/C10H18N2O2/c1-10(2)4-6-7(14-10)5-12(3)8(6)9(11)13/h6-8H,4-5H2,1-3H3,(H2,11,13). The number of nitrogens with two attached hydrogens (primary N) is 1. The van der Waals surface area contributed by atoms with Crippen LogP contribution in [0, 0.1) is 5.92 Å². The van der Waals surface area contributed by atoms with Crippen LogP contribution in [-0.2, 0) is 9.53 Å². The van der Waals surface area contributed by atoms with E-state index in [0.29, 0.717) is 0 Å². The minimum Gasteiger partial charge on any atom is -0.371 e. The molecule has 0 saturated carbocycles. The van der Waals surface area contributed by atoms with Gasteiger partial charge >= 0.3 is 0 Å². The smallest absolute Gasteiger partial charge is 0.235 e. The largest absolute Gasteiger partial charge is 0.371 e. The van der Waals surface area contributed by atoms with Gasteiger partial charge in [-0.1, -0.05) is 0 Å². The van der Waals surface area contributed by atoms with Crippen LogP contribution in [0.15, 0.2) is 0 Å². The highest BCUT2D eigenvalue weighted by Crippen LogP contribution is 2.41. The van der Waals surface area contributed by atoms with E-state index >= 15 is 0 Å². The Balaban J connectivity index is 2.18. The first-order valence-electron chi connectivity index (χ1n) is 5.08. The predicted molar refractivity (Wildman–Crippen MR) is 52.7 cm³/mol. The van der Waals surface area contributed by atoms with E-state index in [9.17, 15) is 4.79 Å². The van der Waals surface area contributed by atoms with Crippen molar-refractivity contribution in [3.05, 3.63) is 0 Å². The van der Waals surface area contributed by atoms with E-state index < -0.39 is 0 Å². The van der Waals surface area contributed by atoms with E-state index in [4.69, 9.17) is 10.5 Å². The summed E-state index contributed by atoms with van der Waals surface area (Å²) in [6.45, 7) is 4.97. The number of likely N-dealkylation sites (tertiary alicyclic amines) is 1. The minimum absolute atomic E-state index is 0.0930. The molecule has 0 bridgehead atoms. The van der Waals surface area contributed by atoms with E-state index in [1.807, 2.05) is 11.9 Å². The molecular weight excluding hydrogens is 180 g/mol. The molecule has 0 aromatic rings. The van der Waals surface area contributed by atoms with Crippen molar-refractivity contribution in [3.63, 3.8) is 0 Å². The summed E-state index contributed by atoms with van der Waals surface area (Å²) in [5, 5.41) is 0. The first-order chi connectivity index (χ1) is 6.41. The Morgan fingerprint density at radius 2 is 2.21 bits per heavy atom. The van der Waals surface area contributed by atoms with Gasteiger partial charge in [-0.2, -0.15) is 0 Å². The zero-order valence-corrected chi connectivity index (χ0v) is 8.99. The number of carbonyl (C=O) groups is 1. The molecule has 3 atom stereocenters. The molecule has 0 aromatic carbocycles. The van der Waals surface area contributed by atoms with Crippen LogP contribution >= 0.6 is 0 Å². The molecule has 2 fully saturated rings. The molecule has 3 unspecified atom stereocenters. The lowest BCUT2D eigenvalue weighted by Gasteiger charge is -2.24. The fourth-order valence-electron chi connectivity index (χ4n) is 2.88. The number of hydrogen-bond acceptors (Lipinski definition) is 3. The number of ether oxygens (including phenoxy) is 1. The summed E-state index contributed by atoms with van der Waals surface area (Å²) in [6, 6.07) is -0.137. The van der Waals surface area contributed by atoms with Gasteiger partial charge in [0, 0.05) is 12.5 Å². The average Bonchev–Trinajstić information content (AvgIpc) is 2.37. The Bertz CT molecular complexity index is 265. The first-order valence-corrected chi connectivity index (χ1v) is 5.08. The molecular formula is C10H18N2O2. The van der Waals surface area contributed by atoms with E-state index in [1.165, 1.54) is 0 Å². The number of rotatable bonds is 1. The van der Waals surface area contributed by atoms with Crippen molar-refractivity contribution in [3.8, 4) is 0 Å². The number of amides is 1. The van der Waals surface area contributed by atoms with E-state index in [1.54, 1.807) is 0 Å². The molecule has 2 N–H and O–H groups in total. The fraction of sp³-hybridized carbons (Fsp3) is 0.900. The van der Waals surface area contributed by atoms with Gasteiger partial charge in [0.15, 0.2) is 0 Å². The maximum absolute atomic E-state index is 11.3. The summed E-state index contributed by atoms with van der Waals surface area (Å²) in [6.07, 6.45) is 1.11. The Labute approximate surface area is 84.4 Å². The van der Waals surface area contributed by atoms with E-state index in [0.717, 1.165) is 13.0 Å². The second-order valence-electron chi connectivity index (χ2n) is 5.07. The Kier molecular flexibility index (Phi) is 2.08. The zero-order valence-electron chi connectivity index (χ0n) is 8.99. The summed E-state index contributed by atoms with van der Waals surface area (Å²) in [5.74, 6) is 0.0637. The molecule has 2 aliphatic rings. The Morgan fingerprint density at radius 1 is 1.57 bits per heavy atom. The molecule has 0 aliphatic carbocycles. The van der Waals surface area contributed by atoms with Crippen molar-refractivity contribution in [2.24, 2.45) is 11.7 Å². The lowest BCUT2D eigenvalue weighted by Crippen LogP contribution is -2.42. The van der Waals surface area contributed by atoms with Gasteiger partial charge in [0.2, 0.25) is 5.91 Å². The normalized spacial score (nSPS) is 41.2. The maximum Gasteiger partial charge on any atom is 0.235 e. The van der Waals surface area contributed by atoms with Crippen LogP contribution in [0.1, 0.15) is 20.3 Å². The second kappa shape index (κ2) is 2.94. The highest BCUT2D eigenvalue weighted by Gasteiger charge is 2.51. The number of likely N-dealkylation sites (N-methyl/N-ethyl adjacent to an activating group) is 1. The van der Waals surface area contributed by atoms with Crippen LogP contribution in [0.25, 0.3) is 0 Å². The van der Waals surface area contributed by atoms with Crippen molar-refractivity contribution in [2.45, 2.75) is 38.0 Å². The van der Waals surface area contributed by atoms with Crippen molar-refractivity contribution >= 4 is 5.91 Å². The maximum atomic E-state index is 11.3. The minimum atomic E-state index is -0.221. The summed E-state index contributed by atoms with van der Waals surface area (Å²) in [4.78, 5) is 13.3. The molecule has 4 heteroatoms. The van der Waals surface area contributed by atoms with Crippen LogP contribution in [0.3, 0.4) is 0 Å². The Hall–Kier alpha value is -0.610. The molecule has 0 radical (unpaired) electrons. The van der Waals surface area contributed by atoms with Gasteiger partial charge in [0.25, 0.3) is 0 Å². The van der Waals surface area contributed by atoms with Gasteiger partial charge in [-0.15, -0.1) is 0 Å². The molecule has 2 rings (SSSR count). The number of primary amides is 1. The van der Waals surface area contributed by atoms with Crippen molar-refractivity contribution in [2.75, 3.05) is 13.6 Å². The third kappa shape index (κ3) is 1.42. The third-order valence-corrected chi connectivity index (χ3v) is 3.32. The summed E-state index contributed by atoms with van der Waals surface area (Å²) in [7, 11) is 1.93. The van der Waals surface area contributed by atoms with E-state index in [2.05, 4.69) is 13.8 Å². The lowest BCUT2D eigenvalue weighted by atomic mass is 9.90. The van der Waals surface area contributed by atoms with Gasteiger partial charge < -0.3 is 10.5 Å². The molecule has 2 saturated heterocycles. The van der Waals surface area contributed by atoms with Crippen LogP contribution in [-0.4, -0.2) is 42.1 Å². The molecule has 4 nitrogen and oxygen atoms in total. The number of carbonyl (C=O) groups excluding carboxylic acids is 1.